The zero-order valence-corrected chi connectivity index (χ0v) is 19.9. The highest BCUT2D eigenvalue weighted by molar-refractivity contribution is 5.75. The molecule has 4 heterocycles. The topological polar surface area (TPSA) is 134 Å². The Morgan fingerprint density at radius 1 is 0.763 bits per heavy atom. The molecule has 0 bridgehead atoms. The van der Waals surface area contributed by atoms with E-state index in [0.717, 1.165) is 0 Å². The maximum absolute atomic E-state index is 14.4. The van der Waals surface area contributed by atoms with Gasteiger partial charge in [-0.1, -0.05) is 18.2 Å². The minimum Gasteiger partial charge on any atom is -0.315 e. The van der Waals surface area contributed by atoms with Crippen molar-refractivity contribution < 1.29 is 8.78 Å². The minimum atomic E-state index is -0.548. The smallest absolute Gasteiger partial charge is 0.280 e. The highest BCUT2D eigenvalue weighted by Crippen LogP contribution is 2.24. The van der Waals surface area contributed by atoms with Gasteiger partial charge in [0.2, 0.25) is 11.9 Å². The molecule has 6 rings (SSSR count). The molecule has 0 aliphatic rings. The maximum Gasteiger partial charge on any atom is 0.280 e. The summed E-state index contributed by atoms with van der Waals surface area (Å²) >= 11 is 0. The Balaban J connectivity index is 1.50. The number of nitrogens with zero attached hydrogens (tertiary/aromatic N) is 8. The van der Waals surface area contributed by atoms with E-state index in [1.54, 1.807) is 44.4 Å². The SMILES string of the molecule is CN(c1cccc(F)c1)c1nc2c(ncn2-n2cnc3c(=O)[nH]c(N(C)c4ccccc4F)nc32)c(=O)[nH]1. The third-order valence-corrected chi connectivity index (χ3v) is 6.03. The Bertz CT molecular complexity index is 1960. The van der Waals surface area contributed by atoms with Crippen molar-refractivity contribution in [2.24, 2.45) is 0 Å². The van der Waals surface area contributed by atoms with Gasteiger partial charge in [0.15, 0.2) is 22.3 Å². The normalized spacial score (nSPS) is 11.4. The summed E-state index contributed by atoms with van der Waals surface area (Å²) in [6, 6.07) is 11.9. The molecule has 0 saturated heterocycles. The first-order valence-corrected chi connectivity index (χ1v) is 11.2. The Hall–Kier alpha value is -5.40. The van der Waals surface area contributed by atoms with E-state index >= 15 is 0 Å². The number of nitrogens with one attached hydrogen (secondary N) is 2. The molecule has 0 amide bonds. The van der Waals surface area contributed by atoms with E-state index in [4.69, 9.17) is 0 Å². The van der Waals surface area contributed by atoms with E-state index in [1.165, 1.54) is 50.0 Å². The van der Waals surface area contributed by atoms with Gasteiger partial charge in [-0.3, -0.25) is 19.6 Å². The van der Waals surface area contributed by atoms with Crippen molar-refractivity contribution in [3.63, 3.8) is 0 Å². The Morgan fingerprint density at radius 2 is 1.34 bits per heavy atom. The van der Waals surface area contributed by atoms with E-state index in [9.17, 15) is 18.4 Å². The molecule has 4 aromatic heterocycles. The average molecular weight is 516 g/mol. The molecule has 2 N–H and O–H groups in total. The molecule has 0 fully saturated rings. The zero-order chi connectivity index (χ0) is 26.6. The van der Waals surface area contributed by atoms with Crippen LogP contribution in [-0.2, 0) is 0 Å². The van der Waals surface area contributed by atoms with Crippen LogP contribution in [0.2, 0.25) is 0 Å². The lowest BCUT2D eigenvalue weighted by Crippen LogP contribution is -2.21. The second kappa shape index (κ2) is 8.62. The molecule has 0 saturated carbocycles. The van der Waals surface area contributed by atoms with E-state index in [2.05, 4.69) is 29.9 Å². The first-order valence-electron chi connectivity index (χ1n) is 11.2. The van der Waals surface area contributed by atoms with Gasteiger partial charge in [-0.15, -0.1) is 0 Å². The summed E-state index contributed by atoms with van der Waals surface area (Å²) in [5.74, 6) is -0.744. The predicted octanol–water partition coefficient (Wildman–Crippen LogP) is 2.68. The molecule has 190 valence electrons. The fourth-order valence-corrected chi connectivity index (χ4v) is 4.05. The zero-order valence-electron chi connectivity index (χ0n) is 19.9. The third kappa shape index (κ3) is 3.66. The van der Waals surface area contributed by atoms with E-state index in [-0.39, 0.29) is 39.9 Å². The highest BCUT2D eigenvalue weighted by Gasteiger charge is 2.20. The van der Waals surface area contributed by atoms with Crippen molar-refractivity contribution >= 4 is 45.6 Å². The van der Waals surface area contributed by atoms with Crippen LogP contribution >= 0.6 is 0 Å². The number of H-pyrrole nitrogens is 2. The first-order chi connectivity index (χ1) is 18.3. The lowest BCUT2D eigenvalue weighted by molar-refractivity contribution is 0.626. The fourth-order valence-electron chi connectivity index (χ4n) is 4.05. The molecule has 14 heteroatoms. The van der Waals surface area contributed by atoms with E-state index in [1.807, 2.05) is 0 Å². The lowest BCUT2D eigenvalue weighted by Gasteiger charge is -2.18. The van der Waals surface area contributed by atoms with Crippen molar-refractivity contribution in [1.82, 2.24) is 39.3 Å². The number of fused-ring (bicyclic) bond motifs is 2. The van der Waals surface area contributed by atoms with Crippen LogP contribution in [0.4, 0.5) is 32.1 Å². The summed E-state index contributed by atoms with van der Waals surface area (Å²) in [4.78, 5) is 51.2. The number of hydrogen-bond donors (Lipinski definition) is 2. The van der Waals surface area contributed by atoms with Crippen molar-refractivity contribution in [3.8, 4) is 0 Å². The van der Waals surface area contributed by atoms with Gasteiger partial charge in [0, 0.05) is 19.8 Å². The summed E-state index contributed by atoms with van der Waals surface area (Å²) in [5.41, 5.74) is -0.119. The van der Waals surface area contributed by atoms with Gasteiger partial charge in [-0.2, -0.15) is 9.97 Å². The molecule has 0 spiro atoms. The van der Waals surface area contributed by atoms with Crippen LogP contribution in [0.25, 0.3) is 22.3 Å². The van der Waals surface area contributed by atoms with Crippen LogP contribution < -0.4 is 20.9 Å². The van der Waals surface area contributed by atoms with Gasteiger partial charge in [-0.25, -0.2) is 28.1 Å². The van der Waals surface area contributed by atoms with Gasteiger partial charge >= 0.3 is 0 Å². The maximum atomic E-state index is 14.4. The number of rotatable bonds is 5. The second-order valence-electron chi connectivity index (χ2n) is 8.35. The predicted molar refractivity (Wildman–Crippen MR) is 136 cm³/mol. The summed E-state index contributed by atoms with van der Waals surface area (Å²) in [6.45, 7) is 0. The number of aromatic nitrogens is 8. The molecular formula is C24H18F2N10O2. The van der Waals surface area contributed by atoms with Crippen molar-refractivity contribution in [2.45, 2.75) is 0 Å². The molecule has 0 unspecified atom stereocenters. The molecule has 0 aliphatic carbocycles. The second-order valence-corrected chi connectivity index (χ2v) is 8.35. The van der Waals surface area contributed by atoms with Crippen molar-refractivity contribution in [2.75, 3.05) is 23.9 Å². The third-order valence-electron chi connectivity index (χ3n) is 6.03. The average Bonchev–Trinajstić information content (AvgIpc) is 3.52. The number of halogens is 2. The summed E-state index contributed by atoms with van der Waals surface area (Å²) in [5, 5.41) is 0. The number of aromatic amines is 2. The number of imidazole rings is 2. The van der Waals surface area contributed by atoms with Crippen molar-refractivity contribution in [3.05, 3.63) is 93.5 Å². The van der Waals surface area contributed by atoms with E-state index in [0.29, 0.717) is 5.69 Å². The van der Waals surface area contributed by atoms with Gasteiger partial charge in [0.05, 0.1) is 5.69 Å². The van der Waals surface area contributed by atoms with Gasteiger partial charge < -0.3 is 9.80 Å². The Labute approximate surface area is 211 Å². The summed E-state index contributed by atoms with van der Waals surface area (Å²) in [6.07, 6.45) is 2.67. The Kier molecular flexibility index (Phi) is 5.22. The molecule has 6 aromatic rings. The van der Waals surface area contributed by atoms with Gasteiger partial charge in [-0.05, 0) is 30.3 Å². The molecule has 2 aromatic carbocycles. The molecule has 0 aliphatic heterocycles. The molecule has 0 atom stereocenters. The van der Waals surface area contributed by atoms with Crippen LogP contribution in [-0.4, -0.2) is 53.4 Å². The van der Waals surface area contributed by atoms with Crippen molar-refractivity contribution in [1.29, 1.82) is 0 Å². The van der Waals surface area contributed by atoms with Crippen LogP contribution in [0, 0.1) is 11.6 Å². The molecular weight excluding hydrogens is 498 g/mol. The van der Waals surface area contributed by atoms with Crippen LogP contribution in [0.5, 0.6) is 0 Å². The quantitative estimate of drug-likeness (QED) is 0.357. The number of hydrogen-bond acceptors (Lipinski definition) is 8. The largest absolute Gasteiger partial charge is 0.315 e. The molecule has 12 nitrogen and oxygen atoms in total. The van der Waals surface area contributed by atoms with Crippen LogP contribution in [0.3, 0.4) is 0 Å². The minimum absolute atomic E-state index is 0.0134. The monoisotopic (exact) mass is 516 g/mol. The number of anilines is 4. The fraction of sp³-hybridized carbons (Fsp3) is 0.0833. The van der Waals surface area contributed by atoms with Crippen LogP contribution in [0.1, 0.15) is 0 Å². The van der Waals surface area contributed by atoms with Gasteiger partial charge in [0.25, 0.3) is 11.1 Å². The highest BCUT2D eigenvalue weighted by atomic mass is 19.1. The Morgan fingerprint density at radius 3 is 1.92 bits per heavy atom. The summed E-state index contributed by atoms with van der Waals surface area (Å²) < 4.78 is 31.0. The first kappa shape index (κ1) is 23.0. The standard InChI is InChI=1S/C24H18F2N10O2/c1-33(14-7-5-6-13(25)10-14)23-29-19-17(21(37)31-23)27-11-35(19)36-12-28-18-20(36)30-24(32-22(18)38)34(2)16-9-4-3-8-15(16)26/h3-12H,1-2H3,(H,29,31,37)(H,30,32,38). The number of benzene rings is 2. The van der Waals surface area contributed by atoms with Crippen LogP contribution in [0.15, 0.2) is 70.8 Å². The lowest BCUT2D eigenvalue weighted by atomic mass is 10.3. The van der Waals surface area contributed by atoms with Gasteiger partial charge in [0.1, 0.15) is 24.3 Å². The molecule has 0 radical (unpaired) electrons. The van der Waals surface area contributed by atoms with E-state index < -0.39 is 22.8 Å². The number of para-hydroxylation sites is 1. The summed E-state index contributed by atoms with van der Waals surface area (Å²) in [7, 11) is 3.18. The molecule has 38 heavy (non-hydrogen) atoms.